The van der Waals surface area contributed by atoms with Crippen LogP contribution in [0, 0.1) is 11.7 Å². The molecule has 1 amide bonds. The second-order valence-electron chi connectivity index (χ2n) is 6.36. The molecule has 0 spiro atoms. The van der Waals surface area contributed by atoms with Gasteiger partial charge in [0.05, 0.1) is 17.9 Å². The summed E-state index contributed by atoms with van der Waals surface area (Å²) in [5.74, 6) is -1.27. The molecule has 1 fully saturated rings. The molecule has 0 bridgehead atoms. The Kier molecular flexibility index (Phi) is 4.95. The molecule has 1 aromatic rings. The van der Waals surface area contributed by atoms with Crippen LogP contribution in [-0.2, 0) is 14.8 Å². The Morgan fingerprint density at radius 2 is 2.09 bits per heavy atom. The molecule has 1 aromatic carbocycles. The average molecular weight is 343 g/mol. The first kappa shape index (κ1) is 17.7. The number of hydrogen-bond donors (Lipinski definition) is 3. The van der Waals surface area contributed by atoms with Gasteiger partial charge in [-0.05, 0) is 38.0 Å². The summed E-state index contributed by atoms with van der Waals surface area (Å²) in [4.78, 5) is 12.4. The summed E-state index contributed by atoms with van der Waals surface area (Å²) < 4.78 is 38.2. The molecule has 0 heterocycles. The van der Waals surface area contributed by atoms with E-state index in [1.807, 2.05) is 6.92 Å². The van der Waals surface area contributed by atoms with Crippen LogP contribution >= 0.6 is 0 Å². The van der Waals surface area contributed by atoms with Crippen molar-refractivity contribution in [1.29, 1.82) is 0 Å². The van der Waals surface area contributed by atoms with E-state index in [9.17, 15) is 17.6 Å². The summed E-state index contributed by atoms with van der Waals surface area (Å²) in [6, 6.07) is 3.74. The highest BCUT2D eigenvalue weighted by atomic mass is 32.2. The maximum absolute atomic E-state index is 13.7. The number of anilines is 2. The molecule has 0 radical (unpaired) electrons. The van der Waals surface area contributed by atoms with Gasteiger partial charge in [0.15, 0.2) is 0 Å². The van der Waals surface area contributed by atoms with Crippen LogP contribution in [0.15, 0.2) is 18.2 Å². The topological polar surface area (TPSA) is 101 Å². The van der Waals surface area contributed by atoms with Crippen LogP contribution in [0.1, 0.15) is 32.6 Å². The lowest BCUT2D eigenvalue weighted by Gasteiger charge is -2.37. The molecule has 2 atom stereocenters. The van der Waals surface area contributed by atoms with Crippen LogP contribution in [-0.4, -0.2) is 26.1 Å². The number of carbonyl (C=O) groups excluding carboxylic acids is 1. The van der Waals surface area contributed by atoms with Crippen molar-refractivity contribution >= 4 is 27.3 Å². The molecular weight excluding hydrogens is 321 g/mol. The SMILES string of the molecule is CC1(N)CCCCC1C(=O)Nc1ccc(F)c(NS(C)(=O)=O)c1. The molecule has 1 saturated carbocycles. The third kappa shape index (κ3) is 4.65. The van der Waals surface area contributed by atoms with Crippen LogP contribution in [0.3, 0.4) is 0 Å². The van der Waals surface area contributed by atoms with Gasteiger partial charge in [-0.25, -0.2) is 12.8 Å². The molecule has 1 aliphatic rings. The van der Waals surface area contributed by atoms with E-state index in [1.165, 1.54) is 12.1 Å². The average Bonchev–Trinajstić information content (AvgIpc) is 2.40. The zero-order valence-corrected chi connectivity index (χ0v) is 14.0. The van der Waals surface area contributed by atoms with Gasteiger partial charge in [-0.15, -0.1) is 0 Å². The lowest BCUT2D eigenvalue weighted by molar-refractivity contribution is -0.122. The van der Waals surface area contributed by atoms with Crippen molar-refractivity contribution in [2.75, 3.05) is 16.3 Å². The summed E-state index contributed by atoms with van der Waals surface area (Å²) in [6.45, 7) is 1.86. The quantitative estimate of drug-likeness (QED) is 0.778. The Morgan fingerprint density at radius 1 is 1.39 bits per heavy atom. The van der Waals surface area contributed by atoms with E-state index in [2.05, 4.69) is 10.0 Å². The predicted molar refractivity (Wildman–Crippen MR) is 88.0 cm³/mol. The van der Waals surface area contributed by atoms with Crippen LogP contribution in [0.4, 0.5) is 15.8 Å². The predicted octanol–water partition coefficient (Wildman–Crippen LogP) is 2.04. The van der Waals surface area contributed by atoms with E-state index in [1.54, 1.807) is 0 Å². The zero-order chi connectivity index (χ0) is 17.3. The van der Waals surface area contributed by atoms with Crippen LogP contribution in [0.25, 0.3) is 0 Å². The highest BCUT2D eigenvalue weighted by molar-refractivity contribution is 7.92. The van der Waals surface area contributed by atoms with Crippen molar-refractivity contribution in [3.05, 3.63) is 24.0 Å². The maximum Gasteiger partial charge on any atom is 0.229 e. The van der Waals surface area contributed by atoms with Gasteiger partial charge in [0.25, 0.3) is 0 Å². The molecule has 0 aliphatic heterocycles. The maximum atomic E-state index is 13.7. The fourth-order valence-corrected chi connectivity index (χ4v) is 3.46. The van der Waals surface area contributed by atoms with Crippen molar-refractivity contribution in [3.8, 4) is 0 Å². The van der Waals surface area contributed by atoms with E-state index in [-0.39, 0.29) is 17.5 Å². The number of carbonyl (C=O) groups is 1. The second-order valence-corrected chi connectivity index (χ2v) is 8.11. The molecule has 2 rings (SSSR count). The molecule has 23 heavy (non-hydrogen) atoms. The third-order valence-corrected chi connectivity index (χ3v) is 4.69. The minimum absolute atomic E-state index is 0.204. The second kappa shape index (κ2) is 6.45. The van der Waals surface area contributed by atoms with Crippen molar-refractivity contribution in [1.82, 2.24) is 0 Å². The van der Waals surface area contributed by atoms with E-state index in [0.717, 1.165) is 31.6 Å². The monoisotopic (exact) mass is 343 g/mol. The van der Waals surface area contributed by atoms with E-state index in [0.29, 0.717) is 12.1 Å². The standard InChI is InChI=1S/C15H22FN3O3S/c1-15(17)8-4-3-5-11(15)14(20)18-10-6-7-12(16)13(9-10)19-23(2,21)22/h6-7,9,11,19H,3-5,8,17H2,1-2H3,(H,18,20). The molecule has 1 aliphatic carbocycles. The number of sulfonamides is 1. The van der Waals surface area contributed by atoms with E-state index >= 15 is 0 Å². The van der Waals surface area contributed by atoms with Crippen LogP contribution in [0.5, 0.6) is 0 Å². The Morgan fingerprint density at radius 3 is 2.70 bits per heavy atom. The largest absolute Gasteiger partial charge is 0.326 e. The molecule has 128 valence electrons. The van der Waals surface area contributed by atoms with Gasteiger partial charge < -0.3 is 11.1 Å². The first-order valence-corrected chi connectivity index (χ1v) is 9.35. The van der Waals surface area contributed by atoms with Crippen molar-refractivity contribution in [2.24, 2.45) is 11.7 Å². The lowest BCUT2D eigenvalue weighted by Crippen LogP contribution is -2.51. The normalized spacial score (nSPS) is 25.0. The Balaban J connectivity index is 2.16. The highest BCUT2D eigenvalue weighted by Crippen LogP contribution is 2.32. The molecule has 0 saturated heterocycles. The summed E-state index contributed by atoms with van der Waals surface area (Å²) in [5.41, 5.74) is 5.75. The van der Waals surface area contributed by atoms with Crippen molar-refractivity contribution in [3.63, 3.8) is 0 Å². The Bertz CT molecular complexity index is 704. The fourth-order valence-electron chi connectivity index (χ4n) is 2.90. The Hall–Kier alpha value is -1.67. The number of hydrogen-bond acceptors (Lipinski definition) is 4. The van der Waals surface area contributed by atoms with Gasteiger partial charge in [0.1, 0.15) is 5.82 Å². The number of nitrogens with two attached hydrogens (primary N) is 1. The van der Waals surface area contributed by atoms with E-state index in [4.69, 9.17) is 5.73 Å². The molecule has 0 aromatic heterocycles. The van der Waals surface area contributed by atoms with Gasteiger partial charge >= 0.3 is 0 Å². The third-order valence-electron chi connectivity index (χ3n) is 4.10. The number of rotatable bonds is 4. The van der Waals surface area contributed by atoms with Crippen molar-refractivity contribution < 1.29 is 17.6 Å². The highest BCUT2D eigenvalue weighted by Gasteiger charge is 2.37. The van der Waals surface area contributed by atoms with Gasteiger partial charge in [-0.1, -0.05) is 12.8 Å². The number of benzene rings is 1. The summed E-state index contributed by atoms with van der Waals surface area (Å²) in [6.07, 6.45) is 4.34. The first-order valence-electron chi connectivity index (χ1n) is 7.45. The number of amides is 1. The molecule has 4 N–H and O–H groups in total. The number of nitrogens with one attached hydrogen (secondary N) is 2. The fraction of sp³-hybridized carbons (Fsp3) is 0.533. The smallest absolute Gasteiger partial charge is 0.229 e. The summed E-state index contributed by atoms with van der Waals surface area (Å²) >= 11 is 0. The van der Waals surface area contributed by atoms with Gasteiger partial charge in [-0.2, -0.15) is 0 Å². The lowest BCUT2D eigenvalue weighted by atomic mass is 9.74. The minimum Gasteiger partial charge on any atom is -0.326 e. The molecule has 6 nitrogen and oxygen atoms in total. The summed E-state index contributed by atoms with van der Waals surface area (Å²) in [7, 11) is -3.61. The molecule has 2 unspecified atom stereocenters. The first-order chi connectivity index (χ1) is 10.6. The van der Waals surface area contributed by atoms with E-state index < -0.39 is 21.4 Å². The molecular formula is C15H22FN3O3S. The Labute approximate surface area is 135 Å². The zero-order valence-electron chi connectivity index (χ0n) is 13.2. The number of halogens is 1. The van der Waals surface area contributed by atoms with Crippen LogP contribution < -0.4 is 15.8 Å². The van der Waals surface area contributed by atoms with Crippen LogP contribution in [0.2, 0.25) is 0 Å². The van der Waals surface area contributed by atoms with Gasteiger partial charge in [0, 0.05) is 11.2 Å². The minimum atomic E-state index is -3.61. The molecule has 8 heteroatoms. The van der Waals surface area contributed by atoms with Gasteiger partial charge in [-0.3, -0.25) is 9.52 Å². The summed E-state index contributed by atoms with van der Waals surface area (Å²) in [5, 5.41) is 2.70. The van der Waals surface area contributed by atoms with Crippen molar-refractivity contribution in [2.45, 2.75) is 38.1 Å². The van der Waals surface area contributed by atoms with Gasteiger partial charge in [0.2, 0.25) is 15.9 Å².